The third-order valence-electron chi connectivity index (χ3n) is 4.48. The standard InChI is InChI=1S/C18H20N6O/c1-11-8-14(23-22-11)9-24-7-6-16-15(10-24)18(25)21-17(20-16)12-2-4-13(19)5-3-12/h2-5,8H,6-7,9-10,19H2,1H3,(H,22,23)(H,20,21,25). The summed E-state index contributed by atoms with van der Waals surface area (Å²) in [6.07, 6.45) is 0.755. The Balaban J connectivity index is 1.59. The van der Waals surface area contributed by atoms with Gasteiger partial charge in [-0.1, -0.05) is 0 Å². The topological polar surface area (TPSA) is 104 Å². The highest BCUT2D eigenvalue weighted by Gasteiger charge is 2.22. The van der Waals surface area contributed by atoms with E-state index in [1.54, 1.807) is 0 Å². The fraction of sp³-hybridized carbons (Fsp3) is 0.278. The minimum absolute atomic E-state index is 0.0697. The highest BCUT2D eigenvalue weighted by atomic mass is 16.1. The second-order valence-electron chi connectivity index (χ2n) is 6.46. The lowest BCUT2D eigenvalue weighted by molar-refractivity contribution is 0.239. The van der Waals surface area contributed by atoms with Gasteiger partial charge >= 0.3 is 0 Å². The average Bonchev–Trinajstić information content (AvgIpc) is 3.01. The number of nitrogens with two attached hydrogens (primary N) is 1. The predicted molar refractivity (Wildman–Crippen MR) is 95.8 cm³/mol. The maximum atomic E-state index is 12.6. The van der Waals surface area contributed by atoms with Crippen LogP contribution in [0.4, 0.5) is 5.69 Å². The van der Waals surface area contributed by atoms with Gasteiger partial charge in [0, 0.05) is 43.0 Å². The number of benzene rings is 1. The molecule has 0 radical (unpaired) electrons. The Morgan fingerprint density at radius 2 is 2.08 bits per heavy atom. The van der Waals surface area contributed by atoms with E-state index in [4.69, 9.17) is 5.73 Å². The van der Waals surface area contributed by atoms with Crippen molar-refractivity contribution in [2.45, 2.75) is 26.4 Å². The summed E-state index contributed by atoms with van der Waals surface area (Å²) in [5, 5.41) is 7.22. The predicted octanol–water partition coefficient (Wildman–Crippen LogP) is 1.61. The molecule has 4 N–H and O–H groups in total. The van der Waals surface area contributed by atoms with Gasteiger partial charge in [0.05, 0.1) is 17.0 Å². The summed E-state index contributed by atoms with van der Waals surface area (Å²) >= 11 is 0. The number of aromatic amines is 2. The second-order valence-corrected chi connectivity index (χ2v) is 6.46. The zero-order valence-corrected chi connectivity index (χ0v) is 14.0. The highest BCUT2D eigenvalue weighted by molar-refractivity contribution is 5.58. The van der Waals surface area contributed by atoms with Crippen molar-refractivity contribution in [3.63, 3.8) is 0 Å². The Hall–Kier alpha value is -2.93. The third-order valence-corrected chi connectivity index (χ3v) is 4.48. The second kappa shape index (κ2) is 6.18. The van der Waals surface area contributed by atoms with Gasteiger partial charge in [-0.05, 0) is 37.3 Å². The van der Waals surface area contributed by atoms with Crippen LogP contribution in [0.5, 0.6) is 0 Å². The number of nitrogen functional groups attached to an aromatic ring is 1. The molecule has 3 aromatic rings. The molecule has 25 heavy (non-hydrogen) atoms. The first-order valence-corrected chi connectivity index (χ1v) is 8.30. The van der Waals surface area contributed by atoms with Gasteiger partial charge in [-0.3, -0.25) is 14.8 Å². The summed E-state index contributed by atoms with van der Waals surface area (Å²) in [6.45, 7) is 4.15. The fourth-order valence-corrected chi connectivity index (χ4v) is 3.18. The number of rotatable bonds is 3. The molecule has 0 bridgehead atoms. The largest absolute Gasteiger partial charge is 0.399 e. The van der Waals surface area contributed by atoms with Crippen molar-refractivity contribution >= 4 is 5.69 Å². The summed E-state index contributed by atoms with van der Waals surface area (Å²) < 4.78 is 0. The molecule has 0 saturated carbocycles. The molecule has 1 aliphatic heterocycles. The Morgan fingerprint density at radius 1 is 1.28 bits per heavy atom. The molecule has 2 aromatic heterocycles. The molecule has 0 amide bonds. The Labute approximate surface area is 144 Å². The van der Waals surface area contributed by atoms with Gasteiger partial charge in [-0.2, -0.15) is 5.10 Å². The molecule has 0 fully saturated rings. The van der Waals surface area contributed by atoms with E-state index in [1.807, 2.05) is 37.3 Å². The van der Waals surface area contributed by atoms with Gasteiger partial charge in [0.1, 0.15) is 5.82 Å². The molecule has 7 heteroatoms. The molecule has 0 spiro atoms. The van der Waals surface area contributed by atoms with Crippen LogP contribution in [0, 0.1) is 6.92 Å². The van der Waals surface area contributed by atoms with Crippen molar-refractivity contribution in [3.8, 4) is 11.4 Å². The van der Waals surface area contributed by atoms with Gasteiger partial charge in [-0.25, -0.2) is 4.98 Å². The molecule has 0 atom stereocenters. The minimum atomic E-state index is -0.0697. The molecule has 7 nitrogen and oxygen atoms in total. The molecule has 3 heterocycles. The lowest BCUT2D eigenvalue weighted by Crippen LogP contribution is -2.35. The first kappa shape index (κ1) is 15.6. The summed E-state index contributed by atoms with van der Waals surface area (Å²) in [6, 6.07) is 9.39. The summed E-state index contributed by atoms with van der Waals surface area (Å²) in [5.41, 5.74) is 10.9. The zero-order valence-electron chi connectivity index (χ0n) is 14.0. The van der Waals surface area contributed by atoms with E-state index in [9.17, 15) is 4.79 Å². The van der Waals surface area contributed by atoms with E-state index in [1.165, 1.54) is 0 Å². The van der Waals surface area contributed by atoms with E-state index in [2.05, 4.69) is 25.1 Å². The maximum Gasteiger partial charge on any atom is 0.255 e. The molecule has 4 rings (SSSR count). The van der Waals surface area contributed by atoms with Crippen LogP contribution in [-0.4, -0.2) is 31.6 Å². The van der Waals surface area contributed by atoms with Crippen molar-refractivity contribution in [1.29, 1.82) is 0 Å². The quantitative estimate of drug-likeness (QED) is 0.630. The smallest absolute Gasteiger partial charge is 0.255 e. The first-order chi connectivity index (χ1) is 12.1. The fourth-order valence-electron chi connectivity index (χ4n) is 3.18. The highest BCUT2D eigenvalue weighted by Crippen LogP contribution is 2.20. The Morgan fingerprint density at radius 3 is 2.80 bits per heavy atom. The van der Waals surface area contributed by atoms with Gasteiger partial charge < -0.3 is 10.7 Å². The first-order valence-electron chi connectivity index (χ1n) is 8.30. The third kappa shape index (κ3) is 3.18. The lowest BCUT2D eigenvalue weighted by Gasteiger charge is -2.26. The molecule has 1 aliphatic rings. The molecular weight excluding hydrogens is 316 g/mol. The molecule has 128 valence electrons. The molecule has 0 unspecified atom stereocenters. The van der Waals surface area contributed by atoms with Crippen molar-refractivity contribution in [2.24, 2.45) is 0 Å². The minimum Gasteiger partial charge on any atom is -0.399 e. The van der Waals surface area contributed by atoms with Crippen molar-refractivity contribution < 1.29 is 0 Å². The van der Waals surface area contributed by atoms with E-state index in [0.29, 0.717) is 18.1 Å². The maximum absolute atomic E-state index is 12.6. The van der Waals surface area contributed by atoms with Crippen LogP contribution in [0.15, 0.2) is 35.1 Å². The summed E-state index contributed by atoms with van der Waals surface area (Å²) in [5.74, 6) is 0.597. The van der Waals surface area contributed by atoms with Crippen LogP contribution in [0.25, 0.3) is 11.4 Å². The van der Waals surface area contributed by atoms with Crippen LogP contribution < -0.4 is 11.3 Å². The number of anilines is 1. The van der Waals surface area contributed by atoms with Crippen molar-refractivity contribution in [2.75, 3.05) is 12.3 Å². The van der Waals surface area contributed by atoms with Crippen molar-refractivity contribution in [3.05, 3.63) is 63.3 Å². The molecule has 1 aromatic carbocycles. The summed E-state index contributed by atoms with van der Waals surface area (Å²) in [7, 11) is 0. The van der Waals surface area contributed by atoms with Gasteiger partial charge in [0.2, 0.25) is 0 Å². The number of nitrogens with zero attached hydrogens (tertiary/aromatic N) is 3. The number of hydrogen-bond donors (Lipinski definition) is 3. The van der Waals surface area contributed by atoms with E-state index in [-0.39, 0.29) is 5.56 Å². The number of fused-ring (bicyclic) bond motifs is 1. The van der Waals surface area contributed by atoms with Gasteiger partial charge in [-0.15, -0.1) is 0 Å². The number of hydrogen-bond acceptors (Lipinski definition) is 5. The van der Waals surface area contributed by atoms with Crippen LogP contribution >= 0.6 is 0 Å². The Kier molecular flexibility index (Phi) is 3.85. The van der Waals surface area contributed by atoms with Crippen LogP contribution in [-0.2, 0) is 19.5 Å². The van der Waals surface area contributed by atoms with Crippen molar-refractivity contribution in [1.82, 2.24) is 25.1 Å². The van der Waals surface area contributed by atoms with E-state index in [0.717, 1.165) is 47.7 Å². The van der Waals surface area contributed by atoms with Crippen LogP contribution in [0.1, 0.15) is 22.6 Å². The normalized spacial score (nSPS) is 14.4. The van der Waals surface area contributed by atoms with Crippen LogP contribution in [0.2, 0.25) is 0 Å². The SMILES string of the molecule is Cc1cc(CN2CCc3nc(-c4ccc(N)cc4)[nH]c(=O)c3C2)n[nH]1. The van der Waals surface area contributed by atoms with Gasteiger partial charge in [0.15, 0.2) is 0 Å². The Bertz CT molecular complexity index is 956. The van der Waals surface area contributed by atoms with Crippen LogP contribution in [0.3, 0.4) is 0 Å². The number of aromatic nitrogens is 4. The monoisotopic (exact) mass is 336 g/mol. The lowest BCUT2D eigenvalue weighted by atomic mass is 10.1. The molecule has 0 aliphatic carbocycles. The van der Waals surface area contributed by atoms with E-state index >= 15 is 0 Å². The summed E-state index contributed by atoms with van der Waals surface area (Å²) in [4.78, 5) is 22.4. The molecular formula is C18H20N6O. The number of nitrogens with one attached hydrogen (secondary N) is 2. The van der Waals surface area contributed by atoms with Gasteiger partial charge in [0.25, 0.3) is 5.56 Å². The average molecular weight is 336 g/mol. The number of aryl methyl sites for hydroxylation is 1. The molecule has 0 saturated heterocycles. The number of H-pyrrole nitrogens is 2. The zero-order chi connectivity index (χ0) is 17.4. The van der Waals surface area contributed by atoms with E-state index < -0.39 is 0 Å².